The van der Waals surface area contributed by atoms with E-state index in [0.29, 0.717) is 18.6 Å². The summed E-state index contributed by atoms with van der Waals surface area (Å²) in [6, 6.07) is 3.61. The highest BCUT2D eigenvalue weighted by molar-refractivity contribution is 6.73. The molecular weight excluding hydrogens is 256 g/mol. The lowest BCUT2D eigenvalue weighted by molar-refractivity contribution is 0.0616. The van der Waals surface area contributed by atoms with E-state index in [1.54, 1.807) is 0 Å². The lowest BCUT2D eigenvalue weighted by Gasteiger charge is -2.35. The van der Waals surface area contributed by atoms with E-state index in [1.165, 1.54) is 18.1 Å². The highest BCUT2D eigenvalue weighted by Gasteiger charge is 2.32. The van der Waals surface area contributed by atoms with Crippen LogP contribution < -0.4 is 0 Å². The van der Waals surface area contributed by atoms with Crippen molar-refractivity contribution in [1.82, 2.24) is 0 Å². The zero-order valence-electron chi connectivity index (χ0n) is 13.6. The van der Waals surface area contributed by atoms with Crippen molar-refractivity contribution >= 4 is 8.32 Å². The smallest absolute Gasteiger partial charge is 0.192 e. The largest absolute Gasteiger partial charge is 0.414 e. The Morgan fingerprint density at radius 3 is 2.00 bits per heavy atom. The molecule has 0 aromatic rings. The van der Waals surface area contributed by atoms with Crippen LogP contribution in [0.1, 0.15) is 47.5 Å². The molecule has 19 heavy (non-hydrogen) atoms. The zero-order valence-corrected chi connectivity index (χ0v) is 14.6. The maximum Gasteiger partial charge on any atom is 0.192 e. The predicted octanol–water partition coefficient (Wildman–Crippen LogP) is 3.82. The summed E-state index contributed by atoms with van der Waals surface area (Å²) >= 11 is 0. The molecule has 0 heterocycles. The van der Waals surface area contributed by atoms with Crippen LogP contribution in [0.2, 0.25) is 18.1 Å². The fraction of sp³-hybridized carbons (Fsp3) is 1.00. The first-order chi connectivity index (χ1) is 9.05. The van der Waals surface area contributed by atoms with E-state index in [9.17, 15) is 0 Å². The van der Waals surface area contributed by atoms with Crippen molar-refractivity contribution in [3.8, 4) is 0 Å². The van der Waals surface area contributed by atoms with Gasteiger partial charge in [-0.2, -0.15) is 0 Å². The van der Waals surface area contributed by atoms with Gasteiger partial charge in [-0.3, -0.25) is 0 Å². The Morgan fingerprint density at radius 2 is 1.58 bits per heavy atom. The first-order valence-corrected chi connectivity index (χ1v) is 10.4. The summed E-state index contributed by atoms with van der Waals surface area (Å²) in [6.07, 6.45) is 2.02. The Kier molecular flexibility index (Phi) is 10.9. The van der Waals surface area contributed by atoms with Gasteiger partial charge in [-0.25, -0.2) is 0 Å². The van der Waals surface area contributed by atoms with Crippen LogP contribution in [0.25, 0.3) is 0 Å². The second kappa shape index (κ2) is 10.8. The Bertz CT molecular complexity index is 197. The Labute approximate surface area is 120 Å². The van der Waals surface area contributed by atoms with E-state index >= 15 is 0 Å². The quantitative estimate of drug-likeness (QED) is 0.438. The van der Waals surface area contributed by atoms with Crippen LogP contribution in [0, 0.1) is 5.92 Å². The fourth-order valence-electron chi connectivity index (χ4n) is 2.32. The third kappa shape index (κ3) is 7.44. The number of aliphatic hydroxyl groups excluding tert-OH is 1. The molecule has 0 rings (SSSR count). The maximum atomic E-state index is 8.71. The van der Waals surface area contributed by atoms with Gasteiger partial charge in [0.15, 0.2) is 8.32 Å². The summed E-state index contributed by atoms with van der Waals surface area (Å²) in [5, 5.41) is 8.71. The molecule has 0 radical (unpaired) electrons. The average Bonchev–Trinajstić information content (AvgIpc) is 2.42. The van der Waals surface area contributed by atoms with E-state index in [-0.39, 0.29) is 6.61 Å². The van der Waals surface area contributed by atoms with Crippen molar-refractivity contribution in [2.24, 2.45) is 5.92 Å². The SMILES string of the molecule is CC[Si](CC)(CC)OC(CCOCCCO)C(C)C. The predicted molar refractivity (Wildman–Crippen MR) is 84.0 cm³/mol. The molecule has 1 N–H and O–H groups in total. The summed E-state index contributed by atoms with van der Waals surface area (Å²) in [7, 11) is -1.51. The molecule has 0 aliphatic carbocycles. The molecule has 0 spiro atoms. The highest BCUT2D eigenvalue weighted by atomic mass is 28.4. The van der Waals surface area contributed by atoms with Gasteiger partial charge >= 0.3 is 0 Å². The first-order valence-electron chi connectivity index (χ1n) is 7.91. The van der Waals surface area contributed by atoms with Crippen molar-refractivity contribution in [2.45, 2.75) is 71.7 Å². The minimum Gasteiger partial charge on any atom is -0.414 e. The molecule has 1 atom stereocenters. The molecule has 3 nitrogen and oxygen atoms in total. The standard InChI is InChI=1S/C15H34O3Si/c1-6-19(7-2,8-3)18-15(14(4)5)10-13-17-12-9-11-16/h14-16H,6-13H2,1-5H3. The van der Waals surface area contributed by atoms with Gasteiger partial charge in [-0.1, -0.05) is 34.6 Å². The van der Waals surface area contributed by atoms with Crippen LogP contribution in [0.4, 0.5) is 0 Å². The monoisotopic (exact) mass is 290 g/mol. The summed E-state index contributed by atoms with van der Waals surface area (Å²) in [4.78, 5) is 0. The highest BCUT2D eigenvalue weighted by Crippen LogP contribution is 2.26. The number of hydrogen-bond acceptors (Lipinski definition) is 3. The van der Waals surface area contributed by atoms with Gasteiger partial charge < -0.3 is 14.3 Å². The van der Waals surface area contributed by atoms with Crippen molar-refractivity contribution in [3.63, 3.8) is 0 Å². The van der Waals surface area contributed by atoms with Crippen molar-refractivity contribution in [3.05, 3.63) is 0 Å². The molecule has 0 aromatic heterocycles. The van der Waals surface area contributed by atoms with Gasteiger partial charge in [0, 0.05) is 25.9 Å². The zero-order chi connectivity index (χ0) is 14.7. The van der Waals surface area contributed by atoms with Gasteiger partial charge in [0.05, 0.1) is 0 Å². The van der Waals surface area contributed by atoms with Crippen molar-refractivity contribution < 1.29 is 14.3 Å². The Hall–Kier alpha value is 0.0969. The van der Waals surface area contributed by atoms with Crippen molar-refractivity contribution in [2.75, 3.05) is 19.8 Å². The minimum atomic E-state index is -1.51. The molecule has 0 saturated heterocycles. The summed E-state index contributed by atoms with van der Waals surface area (Å²) in [5.41, 5.74) is 0. The van der Waals surface area contributed by atoms with E-state index < -0.39 is 8.32 Å². The molecule has 4 heteroatoms. The molecule has 0 aliphatic heterocycles. The Balaban J connectivity index is 4.24. The summed E-state index contributed by atoms with van der Waals surface area (Å²) < 4.78 is 12.1. The lowest BCUT2D eigenvalue weighted by Crippen LogP contribution is -2.42. The summed E-state index contributed by atoms with van der Waals surface area (Å²) in [5.74, 6) is 0.540. The number of rotatable bonds is 12. The number of hydrogen-bond donors (Lipinski definition) is 1. The molecule has 1 unspecified atom stereocenters. The van der Waals surface area contributed by atoms with Crippen LogP contribution in [0.5, 0.6) is 0 Å². The van der Waals surface area contributed by atoms with Crippen LogP contribution in [0.3, 0.4) is 0 Å². The molecule has 0 saturated carbocycles. The normalized spacial score (nSPS) is 14.1. The molecule has 0 amide bonds. The third-order valence-corrected chi connectivity index (χ3v) is 8.74. The van der Waals surface area contributed by atoms with Crippen LogP contribution >= 0.6 is 0 Å². The van der Waals surface area contributed by atoms with E-state index in [1.807, 2.05) is 0 Å². The molecule has 0 fully saturated rings. The van der Waals surface area contributed by atoms with E-state index in [0.717, 1.165) is 19.4 Å². The fourth-order valence-corrected chi connectivity index (χ4v) is 5.35. The molecule has 0 aliphatic rings. The van der Waals surface area contributed by atoms with Crippen LogP contribution in [0.15, 0.2) is 0 Å². The van der Waals surface area contributed by atoms with Crippen LogP contribution in [-0.4, -0.2) is 39.3 Å². The van der Waals surface area contributed by atoms with E-state index in [2.05, 4.69) is 34.6 Å². The number of ether oxygens (including phenoxy) is 1. The average molecular weight is 291 g/mol. The van der Waals surface area contributed by atoms with Gasteiger partial charge in [0.1, 0.15) is 0 Å². The molecular formula is C15H34O3Si. The summed E-state index contributed by atoms with van der Waals surface area (Å²) in [6.45, 7) is 12.9. The maximum absolute atomic E-state index is 8.71. The van der Waals surface area contributed by atoms with Gasteiger partial charge in [0.25, 0.3) is 0 Å². The topological polar surface area (TPSA) is 38.7 Å². The number of aliphatic hydroxyl groups is 1. The minimum absolute atomic E-state index is 0.210. The third-order valence-electron chi connectivity index (χ3n) is 4.07. The van der Waals surface area contributed by atoms with Gasteiger partial charge in [-0.05, 0) is 36.9 Å². The van der Waals surface area contributed by atoms with Gasteiger partial charge in [-0.15, -0.1) is 0 Å². The molecule has 0 aromatic carbocycles. The Morgan fingerprint density at radius 1 is 1.00 bits per heavy atom. The van der Waals surface area contributed by atoms with E-state index in [4.69, 9.17) is 14.3 Å². The molecule has 0 bridgehead atoms. The molecule has 116 valence electrons. The first kappa shape index (κ1) is 19.1. The second-order valence-electron chi connectivity index (χ2n) is 5.62. The van der Waals surface area contributed by atoms with Gasteiger partial charge in [0.2, 0.25) is 0 Å². The lowest BCUT2D eigenvalue weighted by atomic mass is 10.1. The van der Waals surface area contributed by atoms with Crippen LogP contribution in [-0.2, 0) is 9.16 Å². The van der Waals surface area contributed by atoms with Crippen molar-refractivity contribution in [1.29, 1.82) is 0 Å². The second-order valence-corrected chi connectivity index (χ2v) is 10.3.